The second-order valence-corrected chi connectivity index (χ2v) is 6.98. The summed E-state index contributed by atoms with van der Waals surface area (Å²) in [5.74, 6) is -0.680. The Morgan fingerprint density at radius 2 is 1.89 bits per heavy atom. The van der Waals surface area contributed by atoms with Crippen LogP contribution in [-0.4, -0.2) is 85.1 Å². The minimum absolute atomic E-state index is 0.0208. The van der Waals surface area contributed by atoms with E-state index in [1.165, 1.54) is 4.57 Å². The standard InChI is InChI=1S/C18H24F3N3O4/c1-13-2-3-23(5-4-22-6-9-27-10-7-22)16(25)15(13)17(26)24-8-11-28-14(12-24)18(19,20)21/h2-3,14H,4-12H2,1H3. The third-order valence-corrected chi connectivity index (χ3v) is 5.07. The number of carbonyl (C=O) groups is 1. The molecule has 1 unspecified atom stereocenters. The summed E-state index contributed by atoms with van der Waals surface area (Å²) in [6.45, 7) is 4.68. The largest absolute Gasteiger partial charge is 0.416 e. The van der Waals surface area contributed by atoms with Gasteiger partial charge in [0.25, 0.3) is 11.5 Å². The number of hydrogen-bond acceptors (Lipinski definition) is 5. The van der Waals surface area contributed by atoms with Crippen molar-refractivity contribution < 1.29 is 27.4 Å². The fourth-order valence-electron chi connectivity index (χ4n) is 3.37. The predicted molar refractivity (Wildman–Crippen MR) is 94.4 cm³/mol. The summed E-state index contributed by atoms with van der Waals surface area (Å²) >= 11 is 0. The molecule has 1 aromatic rings. The summed E-state index contributed by atoms with van der Waals surface area (Å²) in [4.78, 5) is 28.9. The summed E-state index contributed by atoms with van der Waals surface area (Å²) in [6.07, 6.45) is -4.96. The van der Waals surface area contributed by atoms with Gasteiger partial charge in [-0.3, -0.25) is 14.5 Å². The maximum atomic E-state index is 12.9. The molecule has 0 bridgehead atoms. The number of pyridine rings is 1. The van der Waals surface area contributed by atoms with Crippen molar-refractivity contribution in [1.82, 2.24) is 14.4 Å². The number of aryl methyl sites for hydroxylation is 1. The van der Waals surface area contributed by atoms with Crippen LogP contribution in [0.1, 0.15) is 15.9 Å². The molecule has 156 valence electrons. The van der Waals surface area contributed by atoms with E-state index in [0.29, 0.717) is 31.9 Å². The zero-order valence-electron chi connectivity index (χ0n) is 15.7. The van der Waals surface area contributed by atoms with E-state index < -0.39 is 30.3 Å². The van der Waals surface area contributed by atoms with Gasteiger partial charge in [0.05, 0.1) is 26.4 Å². The Bertz CT molecular complexity index is 759. The molecule has 0 radical (unpaired) electrons. The number of aromatic nitrogens is 1. The molecule has 28 heavy (non-hydrogen) atoms. The van der Waals surface area contributed by atoms with Crippen molar-refractivity contribution in [1.29, 1.82) is 0 Å². The lowest BCUT2D eigenvalue weighted by Crippen LogP contribution is -2.52. The van der Waals surface area contributed by atoms with Gasteiger partial charge in [0.15, 0.2) is 6.10 Å². The molecule has 2 aliphatic rings. The first-order chi connectivity index (χ1) is 13.3. The van der Waals surface area contributed by atoms with Gasteiger partial charge in [0.1, 0.15) is 5.56 Å². The molecule has 1 atom stereocenters. The molecule has 0 N–H and O–H groups in total. The van der Waals surface area contributed by atoms with E-state index in [2.05, 4.69) is 4.90 Å². The van der Waals surface area contributed by atoms with Crippen LogP contribution in [-0.2, 0) is 16.0 Å². The Labute approximate surface area is 160 Å². The first kappa shape index (κ1) is 20.8. The number of carbonyl (C=O) groups excluding carboxylic acids is 1. The van der Waals surface area contributed by atoms with E-state index in [1.807, 2.05) is 0 Å². The van der Waals surface area contributed by atoms with Crippen molar-refractivity contribution in [3.05, 3.63) is 33.7 Å². The molecule has 3 heterocycles. The van der Waals surface area contributed by atoms with Gasteiger partial charge in [0, 0.05) is 38.9 Å². The Morgan fingerprint density at radius 1 is 1.18 bits per heavy atom. The number of rotatable bonds is 4. The van der Waals surface area contributed by atoms with Gasteiger partial charge >= 0.3 is 6.18 Å². The smallest absolute Gasteiger partial charge is 0.379 e. The fourth-order valence-corrected chi connectivity index (χ4v) is 3.37. The normalized spacial score (nSPS) is 21.7. The minimum atomic E-state index is -4.55. The number of morpholine rings is 2. The molecule has 2 saturated heterocycles. The summed E-state index contributed by atoms with van der Waals surface area (Å²) in [5, 5.41) is 0. The monoisotopic (exact) mass is 403 g/mol. The maximum Gasteiger partial charge on any atom is 0.416 e. The molecule has 7 nitrogen and oxygen atoms in total. The second kappa shape index (κ2) is 8.62. The summed E-state index contributed by atoms with van der Waals surface area (Å²) < 4.78 is 50.3. The molecule has 1 aromatic heterocycles. The van der Waals surface area contributed by atoms with Crippen LogP contribution in [0.25, 0.3) is 0 Å². The van der Waals surface area contributed by atoms with Gasteiger partial charge in [-0.05, 0) is 18.6 Å². The van der Waals surface area contributed by atoms with Crippen molar-refractivity contribution in [3.63, 3.8) is 0 Å². The van der Waals surface area contributed by atoms with E-state index >= 15 is 0 Å². The summed E-state index contributed by atoms with van der Waals surface area (Å²) in [5.41, 5.74) is -0.103. The quantitative estimate of drug-likeness (QED) is 0.747. The molecular weight excluding hydrogens is 379 g/mol. The highest BCUT2D eigenvalue weighted by molar-refractivity contribution is 5.95. The molecular formula is C18H24F3N3O4. The Balaban J connectivity index is 1.75. The number of ether oxygens (including phenoxy) is 2. The third kappa shape index (κ3) is 4.73. The van der Waals surface area contributed by atoms with Crippen LogP contribution >= 0.6 is 0 Å². The van der Waals surface area contributed by atoms with Gasteiger partial charge in [-0.1, -0.05) is 0 Å². The van der Waals surface area contributed by atoms with Crippen LogP contribution in [0.3, 0.4) is 0 Å². The van der Waals surface area contributed by atoms with E-state index in [0.717, 1.165) is 18.0 Å². The lowest BCUT2D eigenvalue weighted by molar-refractivity contribution is -0.233. The molecule has 3 rings (SSSR count). The first-order valence-corrected chi connectivity index (χ1v) is 9.25. The van der Waals surface area contributed by atoms with Crippen LogP contribution in [0, 0.1) is 6.92 Å². The molecule has 0 saturated carbocycles. The third-order valence-electron chi connectivity index (χ3n) is 5.07. The SMILES string of the molecule is Cc1ccn(CCN2CCOCC2)c(=O)c1C(=O)N1CCOC(C(F)(F)F)C1. The number of nitrogens with zero attached hydrogens (tertiary/aromatic N) is 3. The van der Waals surface area contributed by atoms with Gasteiger partial charge in [-0.15, -0.1) is 0 Å². The molecule has 0 aliphatic carbocycles. The van der Waals surface area contributed by atoms with Crippen LogP contribution in [0.2, 0.25) is 0 Å². The Hall–Kier alpha value is -1.91. The zero-order chi connectivity index (χ0) is 20.3. The maximum absolute atomic E-state index is 12.9. The van der Waals surface area contributed by atoms with Crippen molar-refractivity contribution >= 4 is 5.91 Å². The fraction of sp³-hybridized carbons (Fsp3) is 0.667. The molecule has 1 amide bonds. The Kier molecular flexibility index (Phi) is 6.41. The van der Waals surface area contributed by atoms with Crippen molar-refractivity contribution in [2.24, 2.45) is 0 Å². The van der Waals surface area contributed by atoms with Crippen LogP contribution in [0.5, 0.6) is 0 Å². The minimum Gasteiger partial charge on any atom is -0.379 e. The molecule has 0 spiro atoms. The highest BCUT2D eigenvalue weighted by atomic mass is 19.4. The van der Waals surface area contributed by atoms with Gasteiger partial charge in [0.2, 0.25) is 0 Å². The highest BCUT2D eigenvalue weighted by Crippen LogP contribution is 2.26. The van der Waals surface area contributed by atoms with Crippen molar-refractivity contribution in [2.75, 3.05) is 52.5 Å². The van der Waals surface area contributed by atoms with Crippen LogP contribution in [0.15, 0.2) is 17.1 Å². The lowest BCUT2D eigenvalue weighted by atomic mass is 10.1. The number of halogens is 3. The first-order valence-electron chi connectivity index (χ1n) is 9.25. The van der Waals surface area contributed by atoms with Gasteiger partial charge < -0.3 is 18.9 Å². The average Bonchev–Trinajstić information content (AvgIpc) is 2.67. The molecule has 2 aliphatic heterocycles. The predicted octanol–water partition coefficient (Wildman–Crippen LogP) is 0.892. The van der Waals surface area contributed by atoms with E-state index in [-0.39, 0.29) is 18.7 Å². The second-order valence-electron chi connectivity index (χ2n) is 6.98. The Morgan fingerprint density at radius 3 is 2.57 bits per heavy atom. The molecule has 2 fully saturated rings. The van der Waals surface area contributed by atoms with Crippen molar-refractivity contribution in [2.45, 2.75) is 25.7 Å². The van der Waals surface area contributed by atoms with Crippen molar-refractivity contribution in [3.8, 4) is 0 Å². The van der Waals surface area contributed by atoms with Crippen LogP contribution < -0.4 is 5.56 Å². The number of amides is 1. The van der Waals surface area contributed by atoms with E-state index in [9.17, 15) is 22.8 Å². The van der Waals surface area contributed by atoms with E-state index in [1.54, 1.807) is 19.2 Å². The molecule has 10 heteroatoms. The lowest BCUT2D eigenvalue weighted by Gasteiger charge is -2.34. The number of alkyl halides is 3. The summed E-state index contributed by atoms with van der Waals surface area (Å²) in [7, 11) is 0. The van der Waals surface area contributed by atoms with Crippen LogP contribution in [0.4, 0.5) is 13.2 Å². The molecule has 0 aromatic carbocycles. The number of hydrogen-bond donors (Lipinski definition) is 0. The highest BCUT2D eigenvalue weighted by Gasteiger charge is 2.44. The topological polar surface area (TPSA) is 64.0 Å². The van der Waals surface area contributed by atoms with E-state index in [4.69, 9.17) is 9.47 Å². The zero-order valence-corrected chi connectivity index (χ0v) is 15.7. The summed E-state index contributed by atoms with van der Waals surface area (Å²) in [6, 6.07) is 1.65. The average molecular weight is 403 g/mol. The van der Waals surface area contributed by atoms with Gasteiger partial charge in [-0.2, -0.15) is 13.2 Å². The van der Waals surface area contributed by atoms with Gasteiger partial charge in [-0.25, -0.2) is 0 Å².